The van der Waals surface area contributed by atoms with Crippen LogP contribution in [0.2, 0.25) is 0 Å². The molecule has 0 amide bonds. The molecule has 7 aromatic rings. The molecule has 0 radical (unpaired) electrons. The molecule has 0 bridgehead atoms. The van der Waals surface area contributed by atoms with Crippen molar-refractivity contribution >= 4 is 57.9 Å². The standard InChI is InChI=1S/C44H42N12O4/c1-27(2)31-9-5-29(6-10-31)25-39-49-40(51-41(50-39)45-35-17-21-37(22-18-35)55(57)58)26-30-7-13-33(14-8-30)46-42-52-43(47-34-15-11-32(12-16-34)28(3)4)54-44(53-42)48-36-19-23-38(24-20-36)56(59)60/h5-24,27-28H,25-26H2,1-4H3,(H,45,49,50,51)(H3,46,47,48,52,53,54). The van der Waals surface area contributed by atoms with E-state index in [2.05, 4.69) is 88.2 Å². The molecule has 5 aromatic carbocycles. The van der Waals surface area contributed by atoms with Gasteiger partial charge in [-0.2, -0.15) is 24.9 Å². The van der Waals surface area contributed by atoms with Crippen LogP contribution in [0.25, 0.3) is 0 Å². The molecule has 4 N–H and O–H groups in total. The number of nitro groups is 2. The molecule has 7 rings (SSSR count). The van der Waals surface area contributed by atoms with Crippen molar-refractivity contribution < 1.29 is 9.85 Å². The van der Waals surface area contributed by atoms with E-state index < -0.39 is 9.85 Å². The number of anilines is 8. The Balaban J connectivity index is 1.11. The van der Waals surface area contributed by atoms with Crippen LogP contribution in [0.15, 0.2) is 121 Å². The summed E-state index contributed by atoms with van der Waals surface area (Å²) in [4.78, 5) is 49.5. The monoisotopic (exact) mass is 802 g/mol. The van der Waals surface area contributed by atoms with E-state index in [9.17, 15) is 20.2 Å². The third-order valence-corrected chi connectivity index (χ3v) is 9.45. The highest BCUT2D eigenvalue weighted by molar-refractivity contribution is 5.63. The molecule has 0 saturated carbocycles. The van der Waals surface area contributed by atoms with Crippen molar-refractivity contribution in [3.63, 3.8) is 0 Å². The van der Waals surface area contributed by atoms with Gasteiger partial charge in [0.2, 0.25) is 23.8 Å². The van der Waals surface area contributed by atoms with Gasteiger partial charge in [-0.3, -0.25) is 20.2 Å². The van der Waals surface area contributed by atoms with Gasteiger partial charge in [-0.25, -0.2) is 4.98 Å². The van der Waals surface area contributed by atoms with Crippen LogP contribution in [0.1, 0.15) is 73.4 Å². The van der Waals surface area contributed by atoms with Crippen LogP contribution in [-0.2, 0) is 12.8 Å². The van der Waals surface area contributed by atoms with E-state index in [1.165, 1.54) is 35.4 Å². The molecular weight excluding hydrogens is 761 g/mol. The minimum Gasteiger partial charge on any atom is -0.324 e. The molecule has 0 aliphatic carbocycles. The van der Waals surface area contributed by atoms with Crippen molar-refractivity contribution in [2.45, 2.75) is 52.4 Å². The first-order valence-electron chi connectivity index (χ1n) is 19.3. The fourth-order valence-corrected chi connectivity index (χ4v) is 6.12. The number of nitrogens with one attached hydrogen (secondary N) is 4. The van der Waals surface area contributed by atoms with Crippen LogP contribution in [-0.4, -0.2) is 39.8 Å². The van der Waals surface area contributed by atoms with E-state index in [-0.39, 0.29) is 29.2 Å². The number of nitro benzene ring substituents is 2. The number of benzene rings is 5. The van der Waals surface area contributed by atoms with Crippen molar-refractivity contribution in [2.75, 3.05) is 21.3 Å². The number of hydrogen-bond donors (Lipinski definition) is 4. The van der Waals surface area contributed by atoms with Crippen LogP contribution < -0.4 is 21.3 Å². The maximum Gasteiger partial charge on any atom is 0.269 e. The van der Waals surface area contributed by atoms with Crippen molar-refractivity contribution in [1.29, 1.82) is 0 Å². The molecule has 16 heteroatoms. The zero-order valence-electron chi connectivity index (χ0n) is 33.3. The molecule has 0 atom stereocenters. The molecule has 2 heterocycles. The molecular formula is C44H42N12O4. The summed E-state index contributed by atoms with van der Waals surface area (Å²) in [6, 6.07) is 36.1. The number of rotatable bonds is 16. The van der Waals surface area contributed by atoms with Gasteiger partial charge in [-0.15, -0.1) is 0 Å². The van der Waals surface area contributed by atoms with E-state index in [4.69, 9.17) is 15.0 Å². The van der Waals surface area contributed by atoms with Crippen molar-refractivity contribution in [3.8, 4) is 0 Å². The minimum atomic E-state index is -0.458. The highest BCUT2D eigenvalue weighted by Gasteiger charge is 2.14. The molecule has 0 unspecified atom stereocenters. The summed E-state index contributed by atoms with van der Waals surface area (Å²) in [6.07, 6.45) is 0.883. The largest absolute Gasteiger partial charge is 0.324 e. The fraction of sp³-hybridized carbons (Fsp3) is 0.182. The second-order valence-corrected chi connectivity index (χ2v) is 14.6. The molecule has 0 saturated heterocycles. The van der Waals surface area contributed by atoms with Gasteiger partial charge < -0.3 is 21.3 Å². The van der Waals surface area contributed by atoms with Gasteiger partial charge >= 0.3 is 0 Å². The average Bonchev–Trinajstić information content (AvgIpc) is 3.22. The van der Waals surface area contributed by atoms with Crippen LogP contribution in [0.3, 0.4) is 0 Å². The normalized spacial score (nSPS) is 11.0. The first-order valence-corrected chi connectivity index (χ1v) is 19.3. The van der Waals surface area contributed by atoms with E-state index in [0.717, 1.165) is 16.8 Å². The van der Waals surface area contributed by atoms with Gasteiger partial charge in [0.15, 0.2) is 0 Å². The second kappa shape index (κ2) is 18.1. The lowest BCUT2D eigenvalue weighted by atomic mass is 10.0. The SMILES string of the molecule is CC(C)c1ccc(Cc2nc(Cc3ccc(Nc4nc(Nc5ccc(C(C)C)cc5)nc(Nc5ccc([N+](=O)[O-])cc5)n4)cc3)nc(Nc3ccc([N+](=O)[O-])cc3)n2)cc1. The van der Waals surface area contributed by atoms with Gasteiger partial charge in [-0.1, -0.05) is 76.2 Å². The first kappa shape index (κ1) is 40.3. The predicted molar refractivity (Wildman–Crippen MR) is 232 cm³/mol. The quantitative estimate of drug-likeness (QED) is 0.0529. The van der Waals surface area contributed by atoms with Crippen LogP contribution >= 0.6 is 0 Å². The summed E-state index contributed by atoms with van der Waals surface area (Å²) in [7, 11) is 0. The van der Waals surface area contributed by atoms with Crippen LogP contribution in [0.5, 0.6) is 0 Å². The number of non-ortho nitro benzene ring substituents is 2. The lowest BCUT2D eigenvalue weighted by Gasteiger charge is -2.13. The smallest absolute Gasteiger partial charge is 0.269 e. The van der Waals surface area contributed by atoms with Crippen LogP contribution in [0, 0.1) is 20.2 Å². The van der Waals surface area contributed by atoms with E-state index >= 15 is 0 Å². The Morgan fingerprint density at radius 2 is 0.700 bits per heavy atom. The molecule has 302 valence electrons. The number of aromatic nitrogens is 6. The Morgan fingerprint density at radius 1 is 0.417 bits per heavy atom. The Bertz CT molecular complexity index is 2400. The van der Waals surface area contributed by atoms with Gasteiger partial charge in [0.25, 0.3) is 11.4 Å². The van der Waals surface area contributed by atoms with Gasteiger partial charge in [0.05, 0.1) is 9.85 Å². The highest BCUT2D eigenvalue weighted by atomic mass is 16.6. The Kier molecular flexibility index (Phi) is 12.2. The van der Waals surface area contributed by atoms with Crippen molar-refractivity contribution in [1.82, 2.24) is 29.9 Å². The molecule has 0 spiro atoms. The topological polar surface area (TPSA) is 212 Å². The zero-order chi connectivity index (χ0) is 42.2. The Morgan fingerprint density at radius 3 is 1.03 bits per heavy atom. The molecule has 16 nitrogen and oxygen atoms in total. The van der Waals surface area contributed by atoms with Crippen LogP contribution in [0.4, 0.5) is 57.9 Å². The maximum absolute atomic E-state index is 11.2. The third-order valence-electron chi connectivity index (χ3n) is 9.45. The maximum atomic E-state index is 11.2. The summed E-state index contributed by atoms with van der Waals surface area (Å²) >= 11 is 0. The third kappa shape index (κ3) is 10.7. The molecule has 60 heavy (non-hydrogen) atoms. The van der Waals surface area contributed by atoms with E-state index in [0.29, 0.717) is 59.3 Å². The van der Waals surface area contributed by atoms with E-state index in [1.54, 1.807) is 24.3 Å². The summed E-state index contributed by atoms with van der Waals surface area (Å²) < 4.78 is 0. The zero-order valence-corrected chi connectivity index (χ0v) is 33.3. The average molecular weight is 803 g/mol. The van der Waals surface area contributed by atoms with Gasteiger partial charge in [-0.05, 0) is 82.6 Å². The fourth-order valence-electron chi connectivity index (χ4n) is 6.12. The minimum absolute atomic E-state index is 0.0142. The molecule has 0 fully saturated rings. The lowest BCUT2D eigenvalue weighted by molar-refractivity contribution is -0.385. The number of hydrogen-bond acceptors (Lipinski definition) is 14. The lowest BCUT2D eigenvalue weighted by Crippen LogP contribution is -2.09. The predicted octanol–water partition coefficient (Wildman–Crippen LogP) is 10.3. The highest BCUT2D eigenvalue weighted by Crippen LogP contribution is 2.25. The first-order chi connectivity index (χ1) is 28.9. The second-order valence-electron chi connectivity index (χ2n) is 14.6. The Hall–Kier alpha value is -7.88. The molecule has 0 aliphatic rings. The summed E-state index contributed by atoms with van der Waals surface area (Å²) in [5.41, 5.74) is 7.05. The summed E-state index contributed by atoms with van der Waals surface area (Å²) in [5.74, 6) is 3.00. The van der Waals surface area contributed by atoms with Crippen molar-refractivity contribution in [2.24, 2.45) is 0 Å². The number of nitrogens with zero attached hydrogens (tertiary/aromatic N) is 8. The van der Waals surface area contributed by atoms with Gasteiger partial charge in [0.1, 0.15) is 11.6 Å². The van der Waals surface area contributed by atoms with Crippen molar-refractivity contribution in [3.05, 3.63) is 175 Å². The Labute approximate surface area is 346 Å². The van der Waals surface area contributed by atoms with E-state index in [1.807, 2.05) is 48.5 Å². The molecule has 2 aromatic heterocycles. The molecule has 0 aliphatic heterocycles. The van der Waals surface area contributed by atoms with Gasteiger partial charge in [0, 0.05) is 59.9 Å². The summed E-state index contributed by atoms with van der Waals surface area (Å²) in [5, 5.41) is 35.2. The summed E-state index contributed by atoms with van der Waals surface area (Å²) in [6.45, 7) is 8.57.